The third kappa shape index (κ3) is 5.57. The first kappa shape index (κ1) is 19.9. The summed E-state index contributed by atoms with van der Waals surface area (Å²) in [7, 11) is 1.61. The largest absolute Gasteiger partial charge is 0.497 e. The van der Waals surface area contributed by atoms with Crippen LogP contribution in [0.1, 0.15) is 24.0 Å². The van der Waals surface area contributed by atoms with Crippen molar-refractivity contribution in [1.29, 1.82) is 0 Å². The lowest BCUT2D eigenvalue weighted by atomic mass is 9.97. The van der Waals surface area contributed by atoms with Gasteiger partial charge in [-0.3, -0.25) is 14.5 Å². The number of benzene rings is 2. The minimum absolute atomic E-state index is 0.0762. The van der Waals surface area contributed by atoms with Gasteiger partial charge < -0.3 is 15.2 Å². The molecule has 0 spiro atoms. The van der Waals surface area contributed by atoms with Crippen LogP contribution < -0.4 is 10.1 Å². The van der Waals surface area contributed by atoms with Crippen LogP contribution in [-0.2, 0) is 22.6 Å². The van der Waals surface area contributed by atoms with Crippen molar-refractivity contribution in [3.63, 3.8) is 0 Å². The number of hydrogen-bond donors (Lipinski definition) is 2. The van der Waals surface area contributed by atoms with E-state index < -0.39 is 5.97 Å². The zero-order chi connectivity index (χ0) is 19.9. The SMILES string of the molecule is COc1cccc(CC(=O)Nc2cccc(CN3CCC(C(=O)O)CC3)c2)c1. The molecule has 0 unspecified atom stereocenters. The molecule has 1 saturated heterocycles. The fourth-order valence-electron chi connectivity index (χ4n) is 3.52. The molecule has 0 aliphatic carbocycles. The monoisotopic (exact) mass is 382 g/mol. The van der Waals surface area contributed by atoms with Crippen molar-refractivity contribution >= 4 is 17.6 Å². The summed E-state index contributed by atoms with van der Waals surface area (Å²) in [5.74, 6) is -0.259. The summed E-state index contributed by atoms with van der Waals surface area (Å²) in [4.78, 5) is 25.7. The lowest BCUT2D eigenvalue weighted by molar-refractivity contribution is -0.143. The van der Waals surface area contributed by atoms with E-state index in [1.807, 2.05) is 48.5 Å². The van der Waals surface area contributed by atoms with Gasteiger partial charge in [0.2, 0.25) is 5.91 Å². The van der Waals surface area contributed by atoms with Gasteiger partial charge in [0.1, 0.15) is 5.75 Å². The van der Waals surface area contributed by atoms with Crippen LogP contribution in [0.15, 0.2) is 48.5 Å². The number of amides is 1. The Kier molecular flexibility index (Phi) is 6.66. The van der Waals surface area contributed by atoms with E-state index in [9.17, 15) is 9.59 Å². The summed E-state index contributed by atoms with van der Waals surface area (Å²) < 4.78 is 5.19. The molecular weight excluding hydrogens is 356 g/mol. The van der Waals surface area contributed by atoms with Crippen molar-refractivity contribution < 1.29 is 19.4 Å². The number of nitrogens with one attached hydrogen (secondary N) is 1. The average Bonchev–Trinajstić information content (AvgIpc) is 2.68. The van der Waals surface area contributed by atoms with Crippen molar-refractivity contribution in [2.75, 3.05) is 25.5 Å². The molecule has 6 nitrogen and oxygen atoms in total. The molecule has 1 heterocycles. The van der Waals surface area contributed by atoms with Crippen molar-refractivity contribution in [3.05, 3.63) is 59.7 Å². The summed E-state index contributed by atoms with van der Waals surface area (Å²) in [6.07, 6.45) is 1.66. The van der Waals surface area contributed by atoms with E-state index in [2.05, 4.69) is 10.2 Å². The predicted molar refractivity (Wildman–Crippen MR) is 107 cm³/mol. The van der Waals surface area contributed by atoms with Gasteiger partial charge in [0.05, 0.1) is 19.4 Å². The molecule has 0 radical (unpaired) electrons. The maximum absolute atomic E-state index is 12.4. The molecule has 2 aromatic carbocycles. The number of carboxylic acids is 1. The molecule has 2 aromatic rings. The van der Waals surface area contributed by atoms with Crippen LogP contribution in [0.25, 0.3) is 0 Å². The molecule has 1 fully saturated rings. The molecule has 1 aliphatic rings. The first-order chi connectivity index (χ1) is 13.5. The highest BCUT2D eigenvalue weighted by molar-refractivity contribution is 5.92. The number of anilines is 1. The molecular formula is C22H26N2O4. The lowest BCUT2D eigenvalue weighted by Crippen LogP contribution is -2.35. The quantitative estimate of drug-likeness (QED) is 0.769. The van der Waals surface area contributed by atoms with Crippen LogP contribution in [-0.4, -0.2) is 42.1 Å². The second-order valence-electron chi connectivity index (χ2n) is 7.17. The molecule has 1 aliphatic heterocycles. The van der Waals surface area contributed by atoms with Crippen LogP contribution in [0.5, 0.6) is 5.75 Å². The molecule has 28 heavy (non-hydrogen) atoms. The maximum atomic E-state index is 12.4. The minimum Gasteiger partial charge on any atom is -0.497 e. The number of likely N-dealkylation sites (tertiary alicyclic amines) is 1. The third-order valence-corrected chi connectivity index (χ3v) is 5.05. The maximum Gasteiger partial charge on any atom is 0.306 e. The van der Waals surface area contributed by atoms with Gasteiger partial charge in [-0.15, -0.1) is 0 Å². The fourth-order valence-corrected chi connectivity index (χ4v) is 3.52. The Morgan fingerprint density at radius 3 is 2.54 bits per heavy atom. The van der Waals surface area contributed by atoms with E-state index in [1.54, 1.807) is 7.11 Å². The molecule has 0 saturated carbocycles. The van der Waals surface area contributed by atoms with Crippen molar-refractivity contribution in [3.8, 4) is 5.75 Å². The Bertz CT molecular complexity index is 829. The first-order valence-corrected chi connectivity index (χ1v) is 9.50. The van der Waals surface area contributed by atoms with Gasteiger partial charge in [0.25, 0.3) is 0 Å². The Balaban J connectivity index is 1.54. The van der Waals surface area contributed by atoms with Gasteiger partial charge in [0.15, 0.2) is 0 Å². The summed E-state index contributed by atoms with van der Waals surface area (Å²) in [6, 6.07) is 15.3. The number of nitrogens with zero attached hydrogens (tertiary/aromatic N) is 1. The Morgan fingerprint density at radius 2 is 1.82 bits per heavy atom. The molecule has 0 bridgehead atoms. The number of hydrogen-bond acceptors (Lipinski definition) is 4. The standard InChI is InChI=1S/C22H26N2O4/c1-28-20-7-3-4-16(13-20)14-21(25)23-19-6-2-5-17(12-19)15-24-10-8-18(9-11-24)22(26)27/h2-7,12-13,18H,8-11,14-15H2,1H3,(H,23,25)(H,26,27). The number of carboxylic acid groups (broad SMARTS) is 1. The number of piperidine rings is 1. The van der Waals surface area contributed by atoms with Crippen molar-refractivity contribution in [2.45, 2.75) is 25.8 Å². The highest BCUT2D eigenvalue weighted by Gasteiger charge is 2.24. The topological polar surface area (TPSA) is 78.9 Å². The molecule has 1 amide bonds. The van der Waals surface area contributed by atoms with Crippen LogP contribution >= 0.6 is 0 Å². The molecule has 3 rings (SSSR count). The molecule has 148 valence electrons. The summed E-state index contributed by atoms with van der Waals surface area (Å²) in [6.45, 7) is 2.32. The normalized spacial score (nSPS) is 15.2. The van der Waals surface area contributed by atoms with Gasteiger partial charge in [-0.2, -0.15) is 0 Å². The fraction of sp³-hybridized carbons (Fsp3) is 0.364. The Labute approximate surface area is 165 Å². The zero-order valence-corrected chi connectivity index (χ0v) is 16.1. The summed E-state index contributed by atoms with van der Waals surface area (Å²) >= 11 is 0. The molecule has 0 atom stereocenters. The number of ether oxygens (including phenoxy) is 1. The number of carbonyl (C=O) groups is 2. The Morgan fingerprint density at radius 1 is 1.11 bits per heavy atom. The molecule has 2 N–H and O–H groups in total. The van der Waals surface area contributed by atoms with Crippen molar-refractivity contribution in [2.24, 2.45) is 5.92 Å². The predicted octanol–water partition coefficient (Wildman–Crippen LogP) is 3.17. The van der Waals surface area contributed by atoms with Crippen LogP contribution in [0.4, 0.5) is 5.69 Å². The number of aliphatic carboxylic acids is 1. The van der Waals surface area contributed by atoms with Crippen LogP contribution in [0.3, 0.4) is 0 Å². The third-order valence-electron chi connectivity index (χ3n) is 5.05. The average molecular weight is 382 g/mol. The number of carbonyl (C=O) groups excluding carboxylic acids is 1. The van der Waals surface area contributed by atoms with Gasteiger partial charge >= 0.3 is 5.97 Å². The van der Waals surface area contributed by atoms with Crippen LogP contribution in [0, 0.1) is 5.92 Å². The van der Waals surface area contributed by atoms with Gasteiger partial charge in [-0.1, -0.05) is 24.3 Å². The van der Waals surface area contributed by atoms with E-state index in [0.717, 1.165) is 42.2 Å². The number of methoxy groups -OCH3 is 1. The summed E-state index contributed by atoms with van der Waals surface area (Å²) in [5, 5.41) is 12.1. The number of rotatable bonds is 7. The molecule has 6 heteroatoms. The Hall–Kier alpha value is -2.86. The van der Waals surface area contributed by atoms with Gasteiger partial charge in [-0.05, 0) is 61.3 Å². The van der Waals surface area contributed by atoms with Gasteiger partial charge in [0, 0.05) is 12.2 Å². The van der Waals surface area contributed by atoms with E-state index >= 15 is 0 Å². The second kappa shape index (κ2) is 9.37. The van der Waals surface area contributed by atoms with E-state index in [4.69, 9.17) is 9.84 Å². The van der Waals surface area contributed by atoms with E-state index in [-0.39, 0.29) is 18.2 Å². The minimum atomic E-state index is -0.694. The zero-order valence-electron chi connectivity index (χ0n) is 16.1. The molecule has 0 aromatic heterocycles. The highest BCUT2D eigenvalue weighted by atomic mass is 16.5. The lowest BCUT2D eigenvalue weighted by Gasteiger charge is -2.30. The smallest absolute Gasteiger partial charge is 0.306 e. The highest BCUT2D eigenvalue weighted by Crippen LogP contribution is 2.20. The van der Waals surface area contributed by atoms with Crippen molar-refractivity contribution in [1.82, 2.24) is 4.90 Å². The van der Waals surface area contributed by atoms with Crippen LogP contribution in [0.2, 0.25) is 0 Å². The van der Waals surface area contributed by atoms with E-state index in [0.29, 0.717) is 12.8 Å². The van der Waals surface area contributed by atoms with Gasteiger partial charge in [-0.25, -0.2) is 0 Å². The van der Waals surface area contributed by atoms with E-state index in [1.165, 1.54) is 0 Å². The second-order valence-corrected chi connectivity index (χ2v) is 7.17. The summed E-state index contributed by atoms with van der Waals surface area (Å²) in [5.41, 5.74) is 2.77. The first-order valence-electron chi connectivity index (χ1n) is 9.50.